The molecule has 33 heavy (non-hydrogen) atoms. The number of hydrogen-bond acceptors (Lipinski definition) is 3. The molecule has 1 amide bonds. The largest absolute Gasteiger partial charge is 0.469 e. The van der Waals surface area contributed by atoms with Gasteiger partial charge >= 0.3 is 7.82 Å². The van der Waals surface area contributed by atoms with Gasteiger partial charge in [-0.05, 0) is 37.7 Å². The van der Waals surface area contributed by atoms with Crippen LogP contribution in [0.1, 0.15) is 108 Å². The molecule has 0 aromatic heterocycles. The van der Waals surface area contributed by atoms with Crippen LogP contribution in [0.5, 0.6) is 0 Å². The summed E-state index contributed by atoms with van der Waals surface area (Å²) in [7, 11) is -4.59. The molecule has 0 fully saturated rings. The molecule has 0 heterocycles. The summed E-state index contributed by atoms with van der Waals surface area (Å²) < 4.78 is 15.7. The van der Waals surface area contributed by atoms with Crippen molar-refractivity contribution in [3.05, 3.63) is 48.0 Å². The van der Waals surface area contributed by atoms with Gasteiger partial charge in [0.25, 0.3) is 0 Å². The summed E-state index contributed by atoms with van der Waals surface area (Å²) in [5.41, 5.74) is 0.754. The van der Waals surface area contributed by atoms with E-state index in [2.05, 4.69) is 28.9 Å². The third-order valence-electron chi connectivity index (χ3n) is 5.61. The molecule has 3 N–H and O–H groups in total. The number of unbranched alkanes of at least 4 members (excludes halogenated alkanes) is 11. The lowest BCUT2D eigenvalue weighted by Gasteiger charge is -2.19. The zero-order valence-electron chi connectivity index (χ0n) is 20.3. The van der Waals surface area contributed by atoms with Gasteiger partial charge in [0.05, 0.1) is 12.6 Å². The van der Waals surface area contributed by atoms with Gasteiger partial charge in [0, 0.05) is 6.42 Å². The molecule has 0 aliphatic heterocycles. The normalized spacial score (nSPS) is 12.8. The van der Waals surface area contributed by atoms with Crippen LogP contribution in [0.3, 0.4) is 0 Å². The number of hydrogen-bond donors (Lipinski definition) is 3. The molecule has 1 rings (SSSR count). The molecule has 0 saturated carbocycles. The fourth-order valence-electron chi connectivity index (χ4n) is 3.70. The molecule has 1 atom stereocenters. The number of allylic oxidation sites excluding steroid dienone is 2. The van der Waals surface area contributed by atoms with Crippen molar-refractivity contribution < 1.29 is 23.7 Å². The molecule has 1 aromatic rings. The Hall–Kier alpha value is -1.46. The minimum absolute atomic E-state index is 0.129. The molecular weight excluding hydrogens is 437 g/mol. The predicted molar refractivity (Wildman–Crippen MR) is 135 cm³/mol. The van der Waals surface area contributed by atoms with E-state index >= 15 is 0 Å². The Labute approximate surface area is 200 Å². The molecule has 0 unspecified atom stereocenters. The second-order valence-electron chi connectivity index (χ2n) is 8.65. The fourth-order valence-corrected chi connectivity index (χ4v) is 4.04. The SMILES string of the molecule is CCCCCCCCC=CCCCCCCCC(=O)N[C@H](COP(=O)(O)O)c1ccccc1. The Bertz CT molecular complexity index is 689. The van der Waals surface area contributed by atoms with Gasteiger partial charge in [0.2, 0.25) is 5.91 Å². The van der Waals surface area contributed by atoms with Crippen molar-refractivity contribution in [3.63, 3.8) is 0 Å². The van der Waals surface area contributed by atoms with Crippen molar-refractivity contribution in [3.8, 4) is 0 Å². The molecular formula is C26H44NO5P. The Kier molecular flexibility index (Phi) is 16.9. The van der Waals surface area contributed by atoms with E-state index in [0.29, 0.717) is 6.42 Å². The van der Waals surface area contributed by atoms with Crippen LogP contribution in [0.4, 0.5) is 0 Å². The van der Waals surface area contributed by atoms with Crippen molar-refractivity contribution in [2.45, 2.75) is 103 Å². The van der Waals surface area contributed by atoms with Crippen LogP contribution in [0, 0.1) is 0 Å². The van der Waals surface area contributed by atoms with E-state index < -0.39 is 13.9 Å². The number of benzene rings is 1. The van der Waals surface area contributed by atoms with Crippen LogP contribution in [0.25, 0.3) is 0 Å². The molecule has 1 aromatic carbocycles. The molecule has 0 aliphatic carbocycles. The van der Waals surface area contributed by atoms with Crippen molar-refractivity contribution in [2.75, 3.05) is 6.61 Å². The van der Waals surface area contributed by atoms with Gasteiger partial charge in [-0.25, -0.2) is 4.57 Å². The van der Waals surface area contributed by atoms with Crippen LogP contribution in [-0.2, 0) is 13.9 Å². The Morgan fingerprint density at radius 3 is 2.03 bits per heavy atom. The van der Waals surface area contributed by atoms with Gasteiger partial charge in [-0.15, -0.1) is 0 Å². The number of carbonyl (C=O) groups excluding carboxylic acids is 1. The van der Waals surface area contributed by atoms with Crippen molar-refractivity contribution >= 4 is 13.7 Å². The monoisotopic (exact) mass is 481 g/mol. The van der Waals surface area contributed by atoms with Crippen molar-refractivity contribution in [2.24, 2.45) is 0 Å². The number of rotatable bonds is 20. The van der Waals surface area contributed by atoms with E-state index in [1.54, 1.807) is 12.1 Å². The average molecular weight is 482 g/mol. The smallest absolute Gasteiger partial charge is 0.347 e. The summed E-state index contributed by atoms with van der Waals surface area (Å²) in [6.45, 7) is 1.98. The van der Waals surface area contributed by atoms with Crippen molar-refractivity contribution in [1.82, 2.24) is 5.32 Å². The summed E-state index contributed by atoms with van der Waals surface area (Å²) >= 11 is 0. The summed E-state index contributed by atoms with van der Waals surface area (Å²) in [5.74, 6) is -0.129. The zero-order chi connectivity index (χ0) is 24.2. The Balaban J connectivity index is 2.11. The van der Waals surface area contributed by atoms with Crippen LogP contribution < -0.4 is 5.32 Å². The summed E-state index contributed by atoms with van der Waals surface area (Å²) in [4.78, 5) is 30.3. The van der Waals surface area contributed by atoms with E-state index in [1.165, 1.54) is 57.8 Å². The predicted octanol–water partition coefficient (Wildman–Crippen LogP) is 6.99. The number of phosphoric acid groups is 1. The fraction of sp³-hybridized carbons (Fsp3) is 0.654. The lowest BCUT2D eigenvalue weighted by molar-refractivity contribution is -0.122. The van der Waals surface area contributed by atoms with Gasteiger partial charge in [0.15, 0.2) is 0 Å². The second kappa shape index (κ2) is 18.9. The lowest BCUT2D eigenvalue weighted by atomic mass is 10.1. The quantitative estimate of drug-likeness (QED) is 0.106. The highest BCUT2D eigenvalue weighted by atomic mass is 31.2. The third-order valence-corrected chi connectivity index (χ3v) is 6.10. The first kappa shape index (κ1) is 29.6. The summed E-state index contributed by atoms with van der Waals surface area (Å²) in [6, 6.07) is 8.49. The number of phosphoric ester groups is 1. The van der Waals surface area contributed by atoms with Crippen LogP contribution in [0.2, 0.25) is 0 Å². The van der Waals surface area contributed by atoms with Crippen LogP contribution in [-0.4, -0.2) is 22.3 Å². The molecule has 6 nitrogen and oxygen atoms in total. The molecule has 0 aliphatic rings. The van der Waals surface area contributed by atoms with Gasteiger partial charge in [-0.2, -0.15) is 0 Å². The first-order chi connectivity index (χ1) is 15.9. The first-order valence-electron chi connectivity index (χ1n) is 12.6. The average Bonchev–Trinajstić information content (AvgIpc) is 2.79. The molecule has 7 heteroatoms. The minimum atomic E-state index is -4.59. The molecule has 188 valence electrons. The number of nitrogens with one attached hydrogen (secondary N) is 1. The molecule has 0 bridgehead atoms. The van der Waals surface area contributed by atoms with E-state index in [0.717, 1.165) is 31.2 Å². The summed E-state index contributed by atoms with van der Waals surface area (Å²) in [6.07, 6.45) is 20.7. The highest BCUT2D eigenvalue weighted by Crippen LogP contribution is 2.37. The van der Waals surface area contributed by atoms with Crippen LogP contribution >= 0.6 is 7.82 Å². The minimum Gasteiger partial charge on any atom is -0.347 e. The molecule has 0 radical (unpaired) electrons. The Morgan fingerprint density at radius 2 is 1.45 bits per heavy atom. The third kappa shape index (κ3) is 17.7. The van der Waals surface area contributed by atoms with E-state index in [1.807, 2.05) is 18.2 Å². The molecule has 0 spiro atoms. The maximum absolute atomic E-state index is 12.3. The van der Waals surface area contributed by atoms with Gasteiger partial charge in [-0.1, -0.05) is 101 Å². The number of carbonyl (C=O) groups is 1. The van der Waals surface area contributed by atoms with E-state index in [-0.39, 0.29) is 12.5 Å². The Morgan fingerprint density at radius 1 is 0.909 bits per heavy atom. The second-order valence-corrected chi connectivity index (χ2v) is 9.89. The number of amides is 1. The van der Waals surface area contributed by atoms with E-state index in [4.69, 9.17) is 9.79 Å². The van der Waals surface area contributed by atoms with Crippen LogP contribution in [0.15, 0.2) is 42.5 Å². The maximum Gasteiger partial charge on any atom is 0.469 e. The van der Waals surface area contributed by atoms with Crippen molar-refractivity contribution in [1.29, 1.82) is 0 Å². The first-order valence-corrected chi connectivity index (χ1v) is 14.1. The van der Waals surface area contributed by atoms with E-state index in [9.17, 15) is 9.36 Å². The molecule has 0 saturated heterocycles. The van der Waals surface area contributed by atoms with Gasteiger partial charge in [0.1, 0.15) is 0 Å². The van der Waals surface area contributed by atoms with Gasteiger partial charge in [-0.3, -0.25) is 9.32 Å². The standard InChI is InChI=1S/C26H44NO5P/c1-2-3-4-5-6-7-8-9-10-11-12-13-14-15-19-22-26(28)27-25(23-32-33(29,30)31)24-20-17-16-18-21-24/h9-10,16-18,20-21,25H,2-8,11-15,19,22-23H2,1H3,(H,27,28)(H2,29,30,31)/t25-/m1/s1. The van der Waals surface area contributed by atoms with Gasteiger partial charge < -0.3 is 15.1 Å². The highest BCUT2D eigenvalue weighted by Gasteiger charge is 2.20. The zero-order valence-corrected chi connectivity index (χ0v) is 21.2. The topological polar surface area (TPSA) is 95.9 Å². The highest BCUT2D eigenvalue weighted by molar-refractivity contribution is 7.46. The lowest BCUT2D eigenvalue weighted by Crippen LogP contribution is -2.31. The summed E-state index contributed by atoms with van der Waals surface area (Å²) in [5, 5.41) is 2.84. The maximum atomic E-state index is 12.3.